The van der Waals surface area contributed by atoms with Crippen molar-refractivity contribution in [2.45, 2.75) is 38.6 Å². The fourth-order valence-corrected chi connectivity index (χ4v) is 2.87. The number of fused-ring (bicyclic) bond motifs is 1. The molecule has 2 amide bonds. The van der Waals surface area contributed by atoms with Gasteiger partial charge in [0.2, 0.25) is 11.8 Å². The molecule has 0 fully saturated rings. The number of hydrogen-bond donors (Lipinski definition) is 3. The quantitative estimate of drug-likeness (QED) is 0.751. The lowest BCUT2D eigenvalue weighted by Crippen LogP contribution is -2.41. The average Bonchev–Trinajstić information content (AvgIpc) is 2.62. The van der Waals surface area contributed by atoms with Gasteiger partial charge in [0.25, 0.3) is 0 Å². The van der Waals surface area contributed by atoms with E-state index >= 15 is 0 Å². The third-order valence-corrected chi connectivity index (χ3v) is 4.28. The van der Waals surface area contributed by atoms with Crippen LogP contribution in [0.25, 0.3) is 0 Å². The number of amides is 2. The molecule has 3 N–H and O–H groups in total. The molecule has 3 rings (SSSR count). The number of para-hydroxylation sites is 2. The molecule has 1 heterocycles. The number of aryl methyl sites for hydroxylation is 1. The van der Waals surface area contributed by atoms with E-state index in [9.17, 15) is 9.59 Å². The molecule has 1 aliphatic heterocycles. The van der Waals surface area contributed by atoms with Gasteiger partial charge in [-0.2, -0.15) is 0 Å². The zero-order valence-electron chi connectivity index (χ0n) is 14.3. The number of rotatable bonds is 6. The van der Waals surface area contributed by atoms with Crippen molar-refractivity contribution >= 4 is 28.9 Å². The second kappa shape index (κ2) is 7.83. The summed E-state index contributed by atoms with van der Waals surface area (Å²) in [6.07, 6.45) is 3.46. The van der Waals surface area contributed by atoms with Gasteiger partial charge in [-0.1, -0.05) is 37.6 Å². The Morgan fingerprint density at radius 2 is 1.80 bits per heavy atom. The molecule has 0 spiro atoms. The highest BCUT2D eigenvalue weighted by Crippen LogP contribution is 2.26. The third kappa shape index (κ3) is 4.38. The van der Waals surface area contributed by atoms with E-state index in [1.807, 2.05) is 48.5 Å². The largest absolute Gasteiger partial charge is 0.372 e. The van der Waals surface area contributed by atoms with Crippen molar-refractivity contribution in [3.8, 4) is 0 Å². The molecular formula is C20H23N3O2. The van der Waals surface area contributed by atoms with Crippen molar-refractivity contribution in [1.82, 2.24) is 0 Å². The van der Waals surface area contributed by atoms with Gasteiger partial charge in [0.05, 0.1) is 17.8 Å². The molecule has 0 aromatic heterocycles. The van der Waals surface area contributed by atoms with Crippen molar-refractivity contribution in [3.63, 3.8) is 0 Å². The van der Waals surface area contributed by atoms with Gasteiger partial charge in [0.15, 0.2) is 0 Å². The minimum absolute atomic E-state index is 0.0811. The summed E-state index contributed by atoms with van der Waals surface area (Å²) in [6.45, 7) is 2.17. The van der Waals surface area contributed by atoms with Crippen LogP contribution in [0.5, 0.6) is 0 Å². The molecule has 0 saturated carbocycles. The third-order valence-electron chi connectivity index (χ3n) is 4.28. The van der Waals surface area contributed by atoms with Crippen LogP contribution in [0.15, 0.2) is 48.5 Å². The molecule has 25 heavy (non-hydrogen) atoms. The Morgan fingerprint density at radius 1 is 1.08 bits per heavy atom. The molecule has 1 atom stereocenters. The summed E-state index contributed by atoms with van der Waals surface area (Å²) in [5, 5.41) is 8.81. The molecule has 5 heteroatoms. The highest BCUT2D eigenvalue weighted by atomic mass is 16.2. The maximum atomic E-state index is 12.3. The first-order valence-electron chi connectivity index (χ1n) is 8.71. The van der Waals surface area contributed by atoms with E-state index in [0.29, 0.717) is 0 Å². The Morgan fingerprint density at radius 3 is 2.52 bits per heavy atom. The van der Waals surface area contributed by atoms with Crippen molar-refractivity contribution in [3.05, 3.63) is 54.1 Å². The second-order valence-corrected chi connectivity index (χ2v) is 6.28. The predicted molar refractivity (Wildman–Crippen MR) is 101 cm³/mol. The van der Waals surface area contributed by atoms with Crippen LogP contribution in [0.1, 0.15) is 31.7 Å². The molecule has 1 unspecified atom stereocenters. The molecule has 2 aromatic carbocycles. The van der Waals surface area contributed by atoms with E-state index in [2.05, 4.69) is 22.9 Å². The zero-order chi connectivity index (χ0) is 17.6. The maximum absolute atomic E-state index is 12.3. The van der Waals surface area contributed by atoms with Crippen molar-refractivity contribution in [1.29, 1.82) is 0 Å². The van der Waals surface area contributed by atoms with Gasteiger partial charge in [0, 0.05) is 5.69 Å². The SMILES string of the molecule is CCCCc1ccc(NC(=O)CC2Nc3ccccc3NC2=O)cc1. The molecule has 130 valence electrons. The number of unbranched alkanes of at least 4 members (excludes halogenated alkanes) is 1. The Kier molecular flexibility index (Phi) is 5.33. The summed E-state index contributed by atoms with van der Waals surface area (Å²) in [4.78, 5) is 24.4. The number of carbonyl (C=O) groups excluding carboxylic acids is 2. The monoisotopic (exact) mass is 337 g/mol. The summed E-state index contributed by atoms with van der Waals surface area (Å²) < 4.78 is 0. The van der Waals surface area contributed by atoms with Crippen molar-refractivity contribution in [2.75, 3.05) is 16.0 Å². The van der Waals surface area contributed by atoms with E-state index in [1.54, 1.807) is 0 Å². The number of hydrogen-bond acceptors (Lipinski definition) is 3. The highest BCUT2D eigenvalue weighted by molar-refractivity contribution is 6.06. The first-order valence-corrected chi connectivity index (χ1v) is 8.71. The first-order chi connectivity index (χ1) is 12.2. The fourth-order valence-electron chi connectivity index (χ4n) is 2.87. The molecule has 1 aliphatic rings. The van der Waals surface area contributed by atoms with Gasteiger partial charge in [-0.05, 0) is 42.7 Å². The number of nitrogens with one attached hydrogen (secondary N) is 3. The van der Waals surface area contributed by atoms with Crippen LogP contribution in [0, 0.1) is 0 Å². The lowest BCUT2D eigenvalue weighted by molar-refractivity contribution is -0.122. The van der Waals surface area contributed by atoms with Crippen LogP contribution >= 0.6 is 0 Å². The standard InChI is InChI=1S/C20H23N3O2/c1-2-3-6-14-9-11-15(12-10-14)21-19(24)13-18-20(25)23-17-8-5-4-7-16(17)22-18/h4-5,7-12,18,22H,2-3,6,13H2,1H3,(H,21,24)(H,23,25). The van der Waals surface area contributed by atoms with Gasteiger partial charge in [0.1, 0.15) is 6.04 Å². The van der Waals surface area contributed by atoms with Crippen LogP contribution < -0.4 is 16.0 Å². The second-order valence-electron chi connectivity index (χ2n) is 6.28. The normalized spacial score (nSPS) is 15.7. The minimum Gasteiger partial charge on any atom is -0.372 e. The van der Waals surface area contributed by atoms with Gasteiger partial charge < -0.3 is 16.0 Å². The highest BCUT2D eigenvalue weighted by Gasteiger charge is 2.27. The van der Waals surface area contributed by atoms with E-state index in [4.69, 9.17) is 0 Å². The Hall–Kier alpha value is -2.82. The molecule has 0 aliphatic carbocycles. The summed E-state index contributed by atoms with van der Waals surface area (Å²) in [5.74, 6) is -0.378. The summed E-state index contributed by atoms with van der Waals surface area (Å²) in [6, 6.07) is 14.8. The molecule has 0 radical (unpaired) electrons. The van der Waals surface area contributed by atoms with Gasteiger partial charge in [-0.15, -0.1) is 0 Å². The van der Waals surface area contributed by atoms with Gasteiger partial charge in [-0.25, -0.2) is 0 Å². The first kappa shape index (κ1) is 17.0. The van der Waals surface area contributed by atoms with Crippen LogP contribution in [-0.2, 0) is 16.0 Å². The average molecular weight is 337 g/mol. The summed E-state index contributed by atoms with van der Waals surface area (Å²) >= 11 is 0. The lowest BCUT2D eigenvalue weighted by atomic mass is 10.1. The number of benzene rings is 2. The van der Waals surface area contributed by atoms with E-state index < -0.39 is 6.04 Å². The van der Waals surface area contributed by atoms with E-state index in [0.717, 1.165) is 36.3 Å². The summed E-state index contributed by atoms with van der Waals surface area (Å²) in [7, 11) is 0. The zero-order valence-corrected chi connectivity index (χ0v) is 14.3. The molecular weight excluding hydrogens is 314 g/mol. The maximum Gasteiger partial charge on any atom is 0.247 e. The van der Waals surface area contributed by atoms with Crippen LogP contribution in [0.3, 0.4) is 0 Å². The molecule has 2 aromatic rings. The smallest absolute Gasteiger partial charge is 0.247 e. The molecule has 5 nitrogen and oxygen atoms in total. The Labute approximate surface area is 147 Å². The Bertz CT molecular complexity index is 756. The number of carbonyl (C=O) groups is 2. The number of anilines is 3. The van der Waals surface area contributed by atoms with Gasteiger partial charge >= 0.3 is 0 Å². The molecule has 0 bridgehead atoms. The van der Waals surface area contributed by atoms with Gasteiger partial charge in [-0.3, -0.25) is 9.59 Å². The van der Waals surface area contributed by atoms with E-state index in [-0.39, 0.29) is 18.2 Å². The van der Waals surface area contributed by atoms with Crippen LogP contribution in [0.2, 0.25) is 0 Å². The minimum atomic E-state index is -0.571. The Balaban J connectivity index is 1.56. The predicted octanol–water partition coefficient (Wildman–Crippen LogP) is 3.79. The van der Waals surface area contributed by atoms with Crippen LogP contribution in [-0.4, -0.2) is 17.9 Å². The van der Waals surface area contributed by atoms with E-state index in [1.165, 1.54) is 5.56 Å². The topological polar surface area (TPSA) is 70.2 Å². The fraction of sp³-hybridized carbons (Fsp3) is 0.300. The molecule has 0 saturated heterocycles. The van der Waals surface area contributed by atoms with Crippen molar-refractivity contribution in [2.24, 2.45) is 0 Å². The summed E-state index contributed by atoms with van der Waals surface area (Å²) in [5.41, 5.74) is 3.60. The van der Waals surface area contributed by atoms with Crippen molar-refractivity contribution < 1.29 is 9.59 Å². The van der Waals surface area contributed by atoms with Crippen LogP contribution in [0.4, 0.5) is 17.1 Å². The lowest BCUT2D eigenvalue weighted by Gasteiger charge is -2.26.